The van der Waals surface area contributed by atoms with Crippen molar-refractivity contribution in [2.45, 2.75) is 21.6 Å². The predicted molar refractivity (Wildman–Crippen MR) is 87.5 cm³/mol. The standard InChI is InChI=1S/C16H12F2N2O3S2/c17-12-3-1-11(2-4-12)9-24-16-20-19-15(23-16)10-25(21,22)14-7-5-13(18)6-8-14/h1-8H,9-10H2. The van der Waals surface area contributed by atoms with E-state index >= 15 is 0 Å². The number of thioether (sulfide) groups is 1. The van der Waals surface area contributed by atoms with Gasteiger partial charge in [0.1, 0.15) is 17.4 Å². The first-order valence-electron chi connectivity index (χ1n) is 7.10. The average molecular weight is 382 g/mol. The molecule has 2 aromatic carbocycles. The van der Waals surface area contributed by atoms with Crippen molar-refractivity contribution in [1.29, 1.82) is 0 Å². The number of hydrogen-bond donors (Lipinski definition) is 0. The van der Waals surface area contributed by atoms with Crippen LogP contribution in [0.15, 0.2) is 63.1 Å². The van der Waals surface area contributed by atoms with E-state index in [0.29, 0.717) is 5.75 Å². The van der Waals surface area contributed by atoms with Gasteiger partial charge in [-0.05, 0) is 42.0 Å². The molecule has 0 aliphatic rings. The fourth-order valence-electron chi connectivity index (χ4n) is 1.97. The molecule has 9 heteroatoms. The smallest absolute Gasteiger partial charge is 0.276 e. The van der Waals surface area contributed by atoms with Gasteiger partial charge in [-0.1, -0.05) is 23.9 Å². The van der Waals surface area contributed by atoms with Crippen LogP contribution in [0.4, 0.5) is 8.78 Å². The molecule has 0 radical (unpaired) electrons. The van der Waals surface area contributed by atoms with E-state index in [0.717, 1.165) is 17.7 Å². The minimum atomic E-state index is -3.70. The summed E-state index contributed by atoms with van der Waals surface area (Å²) in [6, 6.07) is 10.5. The Balaban J connectivity index is 1.64. The summed E-state index contributed by atoms with van der Waals surface area (Å²) in [7, 11) is -3.70. The summed E-state index contributed by atoms with van der Waals surface area (Å²) < 4.78 is 55.5. The Morgan fingerprint density at radius 3 is 2.16 bits per heavy atom. The summed E-state index contributed by atoms with van der Waals surface area (Å²) in [6.45, 7) is 0. The summed E-state index contributed by atoms with van der Waals surface area (Å²) in [5, 5.41) is 7.72. The van der Waals surface area contributed by atoms with Gasteiger partial charge in [0.2, 0.25) is 5.89 Å². The molecule has 0 aliphatic heterocycles. The fraction of sp³-hybridized carbons (Fsp3) is 0.125. The monoisotopic (exact) mass is 382 g/mol. The lowest BCUT2D eigenvalue weighted by Gasteiger charge is -2.01. The van der Waals surface area contributed by atoms with Gasteiger partial charge in [-0.3, -0.25) is 0 Å². The van der Waals surface area contributed by atoms with Gasteiger partial charge in [0.05, 0.1) is 4.90 Å². The van der Waals surface area contributed by atoms with Crippen LogP contribution in [-0.2, 0) is 21.3 Å². The second-order valence-corrected chi connectivity index (χ2v) is 8.01. The second kappa shape index (κ2) is 7.32. The topological polar surface area (TPSA) is 73.1 Å². The van der Waals surface area contributed by atoms with Gasteiger partial charge in [-0.2, -0.15) is 0 Å². The molecule has 0 spiro atoms. The van der Waals surface area contributed by atoms with Crippen LogP contribution in [0.25, 0.3) is 0 Å². The Morgan fingerprint density at radius 1 is 0.920 bits per heavy atom. The largest absolute Gasteiger partial charge is 0.415 e. The Kier molecular flexibility index (Phi) is 5.14. The summed E-state index contributed by atoms with van der Waals surface area (Å²) >= 11 is 1.22. The molecule has 0 unspecified atom stereocenters. The lowest BCUT2D eigenvalue weighted by Crippen LogP contribution is -2.05. The highest BCUT2D eigenvalue weighted by Crippen LogP contribution is 2.23. The SMILES string of the molecule is O=S(=O)(Cc1nnc(SCc2ccc(F)cc2)o1)c1ccc(F)cc1. The average Bonchev–Trinajstić information content (AvgIpc) is 3.01. The number of rotatable bonds is 6. The molecule has 0 fully saturated rings. The van der Waals surface area contributed by atoms with Crippen molar-refractivity contribution in [3.05, 3.63) is 71.6 Å². The van der Waals surface area contributed by atoms with Crippen molar-refractivity contribution in [2.75, 3.05) is 0 Å². The van der Waals surface area contributed by atoms with Gasteiger partial charge in [0.25, 0.3) is 5.22 Å². The third-order valence-electron chi connectivity index (χ3n) is 3.21. The molecule has 3 rings (SSSR count). The third kappa shape index (κ3) is 4.64. The minimum Gasteiger partial charge on any atom is -0.415 e. The zero-order valence-electron chi connectivity index (χ0n) is 12.7. The van der Waals surface area contributed by atoms with Gasteiger partial charge >= 0.3 is 0 Å². The maximum absolute atomic E-state index is 12.9. The summed E-state index contributed by atoms with van der Waals surface area (Å²) in [4.78, 5) is -0.0207. The molecule has 1 aromatic heterocycles. The van der Waals surface area contributed by atoms with Crippen molar-refractivity contribution in [3.8, 4) is 0 Å². The van der Waals surface area contributed by atoms with Gasteiger partial charge in [0.15, 0.2) is 9.84 Å². The molecular formula is C16H12F2N2O3S2. The Morgan fingerprint density at radius 2 is 1.52 bits per heavy atom. The van der Waals surface area contributed by atoms with Crippen molar-refractivity contribution in [3.63, 3.8) is 0 Å². The summed E-state index contributed by atoms with van der Waals surface area (Å²) in [5.74, 6) is -0.878. The fourth-order valence-corrected chi connectivity index (χ4v) is 3.86. The van der Waals surface area contributed by atoms with Crippen LogP contribution in [-0.4, -0.2) is 18.6 Å². The summed E-state index contributed by atoms with van der Waals surface area (Å²) in [5.41, 5.74) is 0.866. The summed E-state index contributed by atoms with van der Waals surface area (Å²) in [6.07, 6.45) is 0. The van der Waals surface area contributed by atoms with Gasteiger partial charge in [-0.25, -0.2) is 17.2 Å². The van der Waals surface area contributed by atoms with Crippen LogP contribution >= 0.6 is 11.8 Å². The number of nitrogens with zero attached hydrogens (tertiary/aromatic N) is 2. The Bertz CT molecular complexity index is 956. The Labute approximate surface area is 147 Å². The molecule has 0 bridgehead atoms. The highest BCUT2D eigenvalue weighted by molar-refractivity contribution is 7.98. The molecule has 5 nitrogen and oxygen atoms in total. The van der Waals surface area contributed by atoms with Crippen LogP contribution < -0.4 is 0 Å². The van der Waals surface area contributed by atoms with Crippen molar-refractivity contribution in [2.24, 2.45) is 0 Å². The van der Waals surface area contributed by atoms with Crippen LogP contribution in [0.1, 0.15) is 11.5 Å². The quantitative estimate of drug-likeness (QED) is 0.479. The molecule has 0 aliphatic carbocycles. The molecule has 25 heavy (non-hydrogen) atoms. The third-order valence-corrected chi connectivity index (χ3v) is 5.72. The van der Waals surface area contributed by atoms with E-state index < -0.39 is 21.4 Å². The van der Waals surface area contributed by atoms with Gasteiger partial charge in [-0.15, -0.1) is 10.2 Å². The zero-order valence-corrected chi connectivity index (χ0v) is 14.4. The van der Waals surface area contributed by atoms with E-state index in [2.05, 4.69) is 10.2 Å². The van der Waals surface area contributed by atoms with Crippen LogP contribution in [0.2, 0.25) is 0 Å². The van der Waals surface area contributed by atoms with Crippen LogP contribution in [0, 0.1) is 11.6 Å². The van der Waals surface area contributed by atoms with E-state index in [4.69, 9.17) is 4.42 Å². The van der Waals surface area contributed by atoms with Gasteiger partial charge in [0, 0.05) is 5.75 Å². The van der Waals surface area contributed by atoms with E-state index in [9.17, 15) is 17.2 Å². The predicted octanol–water partition coefficient (Wildman–Crippen LogP) is 3.61. The highest BCUT2D eigenvalue weighted by atomic mass is 32.2. The molecule has 0 saturated carbocycles. The number of halogens is 2. The number of aromatic nitrogens is 2. The highest BCUT2D eigenvalue weighted by Gasteiger charge is 2.20. The molecule has 1 heterocycles. The lowest BCUT2D eigenvalue weighted by atomic mass is 10.2. The Hall–Kier alpha value is -2.26. The number of sulfone groups is 1. The number of benzene rings is 2. The minimum absolute atomic E-state index is 0.0207. The normalized spacial score (nSPS) is 11.6. The molecule has 0 N–H and O–H groups in total. The molecule has 0 atom stereocenters. The lowest BCUT2D eigenvalue weighted by molar-refractivity contribution is 0.423. The van der Waals surface area contributed by atoms with Crippen LogP contribution in [0.5, 0.6) is 0 Å². The maximum atomic E-state index is 12.9. The van der Waals surface area contributed by atoms with E-state index in [1.807, 2.05) is 0 Å². The van der Waals surface area contributed by atoms with Crippen LogP contribution in [0.3, 0.4) is 0 Å². The molecule has 0 saturated heterocycles. The maximum Gasteiger partial charge on any atom is 0.276 e. The first kappa shape index (κ1) is 17.6. The first-order chi connectivity index (χ1) is 11.9. The number of hydrogen-bond acceptors (Lipinski definition) is 6. The van der Waals surface area contributed by atoms with E-state index in [-0.39, 0.29) is 21.8 Å². The zero-order chi connectivity index (χ0) is 17.9. The van der Waals surface area contributed by atoms with Crippen molar-refractivity contribution >= 4 is 21.6 Å². The molecule has 130 valence electrons. The van der Waals surface area contributed by atoms with Gasteiger partial charge < -0.3 is 4.42 Å². The molecular weight excluding hydrogens is 370 g/mol. The van der Waals surface area contributed by atoms with E-state index in [1.165, 1.54) is 36.0 Å². The molecule has 3 aromatic rings. The van der Waals surface area contributed by atoms with Crippen molar-refractivity contribution in [1.82, 2.24) is 10.2 Å². The second-order valence-electron chi connectivity index (χ2n) is 5.09. The van der Waals surface area contributed by atoms with E-state index in [1.54, 1.807) is 12.1 Å². The molecule has 0 amide bonds. The first-order valence-corrected chi connectivity index (χ1v) is 9.74. The van der Waals surface area contributed by atoms with Crippen molar-refractivity contribution < 1.29 is 21.6 Å².